The van der Waals surface area contributed by atoms with Gasteiger partial charge in [-0.3, -0.25) is 32.4 Å². The molecule has 2 aliphatic heterocycles. The monoisotopic (exact) mass is 592 g/mol. The fraction of sp³-hybridized carbons (Fsp3) is 0.786. The van der Waals surface area contributed by atoms with Crippen LogP contribution in [0.1, 0.15) is 92.9 Å². The largest absolute Gasteiger partial charge is 0.291 e. The van der Waals surface area contributed by atoms with Gasteiger partial charge in [0.25, 0.3) is 0 Å². The zero-order valence-electron chi connectivity index (χ0n) is 25.8. The lowest BCUT2D eigenvalue weighted by molar-refractivity contribution is -0.151. The molecule has 0 spiro atoms. The molecule has 0 radical (unpaired) electrons. The van der Waals surface area contributed by atoms with Crippen LogP contribution in [0, 0.1) is 11.8 Å². The van der Waals surface area contributed by atoms with Crippen molar-refractivity contribution in [1.29, 1.82) is 0 Å². The van der Waals surface area contributed by atoms with Gasteiger partial charge < -0.3 is 0 Å². The summed E-state index contributed by atoms with van der Waals surface area (Å²) in [7, 11) is -2.58. The molecule has 2 atom stereocenters. The molecule has 0 aliphatic carbocycles. The Morgan fingerprint density at radius 2 is 0.974 bits per heavy atom. The van der Waals surface area contributed by atoms with Crippen molar-refractivity contribution in [3.05, 3.63) is 0 Å². The molecule has 0 bridgehead atoms. The first kappa shape index (κ1) is 37.3. The molecule has 0 aromatic heterocycles. The summed E-state index contributed by atoms with van der Waals surface area (Å²) in [6.07, 6.45) is 13.4. The van der Waals surface area contributed by atoms with E-state index in [0.29, 0.717) is 12.8 Å². The summed E-state index contributed by atoms with van der Waals surface area (Å²) in [5.74, 6) is -1.53. The van der Waals surface area contributed by atoms with E-state index >= 15 is 0 Å². The number of unbranched alkanes of at least 4 members (excludes halogenated alkanes) is 2. The van der Waals surface area contributed by atoms with E-state index in [1.165, 1.54) is 13.8 Å². The Morgan fingerprint density at radius 1 is 0.667 bits per heavy atom. The number of imide groups is 6. The fourth-order valence-corrected chi connectivity index (χ4v) is 11.1. The number of likely N-dealkylation sites (tertiary alicyclic amines) is 2. The first-order valence-corrected chi connectivity index (χ1v) is 19.1. The molecule has 228 valence electrons. The van der Waals surface area contributed by atoms with Crippen molar-refractivity contribution in [1.82, 2.24) is 9.80 Å². The molecule has 2 saturated heterocycles. The lowest BCUT2D eigenvalue weighted by Gasteiger charge is -2.43. The van der Waals surface area contributed by atoms with Gasteiger partial charge in [0.05, 0.1) is 0 Å². The molecule has 0 saturated carbocycles. The van der Waals surface area contributed by atoms with Crippen LogP contribution in [0.15, 0.2) is 0 Å². The van der Waals surface area contributed by atoms with Crippen molar-refractivity contribution in [3.8, 4) is 0 Å². The Hall–Kier alpha value is -1.72. The van der Waals surface area contributed by atoms with Crippen molar-refractivity contribution in [2.45, 2.75) is 92.9 Å². The summed E-state index contributed by atoms with van der Waals surface area (Å²) < 4.78 is 6.56. The van der Waals surface area contributed by atoms with Gasteiger partial charge in [-0.05, 0) is 62.2 Å². The molecule has 0 aromatic rings. The topological polar surface area (TPSA) is 118 Å². The van der Waals surface area contributed by atoms with Crippen molar-refractivity contribution >= 4 is 56.1 Å². The van der Waals surface area contributed by atoms with E-state index in [-0.39, 0.29) is 24.7 Å². The van der Waals surface area contributed by atoms with E-state index in [4.69, 9.17) is 3.63 Å². The number of carbonyl (C=O) groups is 6. The second kappa shape index (κ2) is 17.2. The van der Waals surface area contributed by atoms with E-state index in [2.05, 4.69) is 25.0 Å². The highest BCUT2D eigenvalue weighted by Crippen LogP contribution is 2.58. The van der Waals surface area contributed by atoms with Crippen LogP contribution in [-0.2, 0) is 32.4 Å². The number of carbonyl (C=O) groups excluding carboxylic acids is 6. The minimum atomic E-state index is -1.29. The Labute approximate surface area is 239 Å². The second-order valence-electron chi connectivity index (χ2n) is 10.3. The van der Waals surface area contributed by atoms with Crippen molar-refractivity contribution in [2.24, 2.45) is 11.8 Å². The minimum absolute atomic E-state index is 0.121. The van der Waals surface area contributed by atoms with E-state index < -0.39 is 56.1 Å². The van der Waals surface area contributed by atoms with Crippen LogP contribution >= 0.6 is 20.6 Å². The Kier molecular flexibility index (Phi) is 16.4. The standard InChI is InChI=1S/C24H40N2O7S2.2C2H6/c1-17(27)25-21(29)15-19(23(25)31)11-7-9-13-34(3,4)33-35(5,6)14-10-8-12-20-16-22(30)26(18(2)28)24(20)32;2*1-2/h19-20H,7-16H2,1-6H3;2*1-2H3. The maximum atomic E-state index is 12.2. The van der Waals surface area contributed by atoms with Crippen LogP contribution in [0.2, 0.25) is 0 Å². The molecule has 11 heteroatoms. The zero-order valence-corrected chi connectivity index (χ0v) is 27.4. The number of hydrogen-bond acceptors (Lipinski definition) is 7. The highest BCUT2D eigenvalue weighted by molar-refractivity contribution is 8.40. The molecule has 2 fully saturated rings. The van der Waals surface area contributed by atoms with Crippen molar-refractivity contribution in [3.63, 3.8) is 0 Å². The number of rotatable bonds is 12. The van der Waals surface area contributed by atoms with Crippen LogP contribution in [-0.4, -0.2) is 81.8 Å². The maximum Gasteiger partial charge on any atom is 0.239 e. The fourth-order valence-electron chi connectivity index (χ4n) is 4.75. The molecule has 2 unspecified atom stereocenters. The van der Waals surface area contributed by atoms with Gasteiger partial charge in [-0.2, -0.15) is 0 Å². The van der Waals surface area contributed by atoms with Gasteiger partial charge >= 0.3 is 0 Å². The lowest BCUT2D eigenvalue weighted by atomic mass is 10.0. The summed E-state index contributed by atoms with van der Waals surface area (Å²) >= 11 is 0. The average molecular weight is 593 g/mol. The van der Waals surface area contributed by atoms with Crippen LogP contribution < -0.4 is 0 Å². The van der Waals surface area contributed by atoms with Gasteiger partial charge in [0.15, 0.2) is 0 Å². The summed E-state index contributed by atoms with van der Waals surface area (Å²) in [5, 5.41) is 0. The molecule has 9 nitrogen and oxygen atoms in total. The van der Waals surface area contributed by atoms with E-state index in [0.717, 1.165) is 47.0 Å². The summed E-state index contributed by atoms with van der Waals surface area (Å²) in [5.41, 5.74) is 0. The van der Waals surface area contributed by atoms with Crippen LogP contribution in [0.3, 0.4) is 0 Å². The third-order valence-corrected chi connectivity index (χ3v) is 11.8. The van der Waals surface area contributed by atoms with Gasteiger partial charge in [0.2, 0.25) is 35.4 Å². The van der Waals surface area contributed by atoms with Crippen LogP contribution in [0.25, 0.3) is 0 Å². The zero-order chi connectivity index (χ0) is 30.6. The lowest BCUT2D eigenvalue weighted by Crippen LogP contribution is -2.34. The highest BCUT2D eigenvalue weighted by atomic mass is 32.3. The normalized spacial score (nSPS) is 20.4. The second-order valence-corrected chi connectivity index (χ2v) is 17.4. The van der Waals surface area contributed by atoms with E-state index in [1.807, 2.05) is 27.7 Å². The molecule has 6 amide bonds. The van der Waals surface area contributed by atoms with Gasteiger partial charge in [-0.15, -0.1) is 20.6 Å². The molecule has 0 aromatic carbocycles. The first-order chi connectivity index (χ1) is 18.1. The molecule has 2 rings (SSSR count). The minimum Gasteiger partial charge on any atom is -0.291 e. The van der Waals surface area contributed by atoms with Crippen molar-refractivity contribution < 1.29 is 32.4 Å². The summed E-state index contributed by atoms with van der Waals surface area (Å²) in [4.78, 5) is 72.7. The molecular formula is C28H52N2O7S2. The summed E-state index contributed by atoms with van der Waals surface area (Å²) in [6, 6.07) is 0. The summed E-state index contributed by atoms with van der Waals surface area (Å²) in [6.45, 7) is 10.5. The molecule has 39 heavy (non-hydrogen) atoms. The van der Waals surface area contributed by atoms with E-state index in [1.54, 1.807) is 0 Å². The quantitative estimate of drug-likeness (QED) is 0.226. The predicted octanol–water partition coefficient (Wildman–Crippen LogP) is 5.20. The molecule has 2 aliphatic rings. The van der Waals surface area contributed by atoms with Gasteiger partial charge in [0, 0.05) is 38.5 Å². The Balaban J connectivity index is 0.00000344. The average Bonchev–Trinajstić information content (AvgIpc) is 3.29. The predicted molar refractivity (Wildman–Crippen MR) is 161 cm³/mol. The van der Waals surface area contributed by atoms with Crippen LogP contribution in [0.4, 0.5) is 0 Å². The SMILES string of the molecule is CC.CC.CC(=O)N1C(=O)CC(CCCCS(C)(C)OS(C)(C)CCCCC2CC(=O)N(C(C)=O)C2=O)C1=O. The molecular weight excluding hydrogens is 540 g/mol. The Morgan fingerprint density at radius 3 is 1.23 bits per heavy atom. The van der Waals surface area contributed by atoms with Gasteiger partial charge in [0.1, 0.15) is 0 Å². The first-order valence-electron chi connectivity index (χ1n) is 14.0. The Bertz CT molecular complexity index is 819. The number of amides is 6. The third-order valence-electron chi connectivity index (χ3n) is 6.36. The highest BCUT2D eigenvalue weighted by Gasteiger charge is 2.41. The third kappa shape index (κ3) is 11.7. The van der Waals surface area contributed by atoms with Crippen molar-refractivity contribution in [2.75, 3.05) is 36.5 Å². The maximum absolute atomic E-state index is 12.2. The number of hydrogen-bond donors (Lipinski definition) is 0. The smallest absolute Gasteiger partial charge is 0.239 e. The van der Waals surface area contributed by atoms with E-state index in [9.17, 15) is 28.8 Å². The number of nitrogens with zero attached hydrogens (tertiary/aromatic N) is 2. The molecule has 2 heterocycles. The van der Waals surface area contributed by atoms with Gasteiger partial charge in [-0.25, -0.2) is 9.80 Å². The molecule has 0 N–H and O–H groups in total. The van der Waals surface area contributed by atoms with Crippen LogP contribution in [0.5, 0.6) is 0 Å². The van der Waals surface area contributed by atoms with Gasteiger partial charge in [-0.1, -0.05) is 40.5 Å².